The lowest BCUT2D eigenvalue weighted by molar-refractivity contribution is -0.704. The van der Waals surface area contributed by atoms with Gasteiger partial charge in [0.1, 0.15) is 6.54 Å². The molecule has 0 atom stereocenters. The highest BCUT2D eigenvalue weighted by atomic mass is 14.9. The molecule has 0 unspecified atom stereocenters. The molecule has 1 heterocycles. The standard InChI is InChI=1S/C16H20N/c1-2-16-12-6-7-13-17(16)14-8-11-15-9-4-3-5-10-15/h3-7,9-10,12-13H,2,8,11,14H2,1H3/q+1. The zero-order chi connectivity index (χ0) is 11.9. The molecule has 0 radical (unpaired) electrons. The molecule has 0 aliphatic carbocycles. The van der Waals surface area contributed by atoms with E-state index in [1.165, 1.54) is 17.7 Å². The summed E-state index contributed by atoms with van der Waals surface area (Å²) in [5, 5.41) is 0. The summed E-state index contributed by atoms with van der Waals surface area (Å²) in [4.78, 5) is 0. The SMILES string of the molecule is CCc1cccc[n+]1CCCc1ccccc1. The molecule has 0 saturated heterocycles. The van der Waals surface area contributed by atoms with Crippen LogP contribution in [0.25, 0.3) is 0 Å². The Labute approximate surface area is 104 Å². The third-order valence-corrected chi connectivity index (χ3v) is 3.10. The fourth-order valence-electron chi connectivity index (χ4n) is 2.15. The Kier molecular flexibility index (Phi) is 4.31. The molecule has 17 heavy (non-hydrogen) atoms. The van der Waals surface area contributed by atoms with Crippen LogP contribution in [0.4, 0.5) is 0 Å². The molecule has 2 rings (SSSR count). The van der Waals surface area contributed by atoms with Crippen LogP contribution < -0.4 is 4.57 Å². The van der Waals surface area contributed by atoms with Crippen LogP contribution in [0.2, 0.25) is 0 Å². The van der Waals surface area contributed by atoms with E-state index in [1.54, 1.807) is 0 Å². The van der Waals surface area contributed by atoms with Gasteiger partial charge in [-0.3, -0.25) is 0 Å². The summed E-state index contributed by atoms with van der Waals surface area (Å²) in [6, 6.07) is 17.2. The molecule has 0 bridgehead atoms. The summed E-state index contributed by atoms with van der Waals surface area (Å²) in [6.45, 7) is 3.32. The predicted molar refractivity (Wildman–Crippen MR) is 70.8 cm³/mol. The van der Waals surface area contributed by atoms with Crippen LogP contribution in [0.15, 0.2) is 54.7 Å². The van der Waals surface area contributed by atoms with E-state index in [-0.39, 0.29) is 0 Å². The van der Waals surface area contributed by atoms with Gasteiger partial charge >= 0.3 is 0 Å². The van der Waals surface area contributed by atoms with Gasteiger partial charge in [-0.2, -0.15) is 0 Å². The average molecular weight is 226 g/mol. The summed E-state index contributed by atoms with van der Waals surface area (Å²) < 4.78 is 2.36. The maximum Gasteiger partial charge on any atom is 0.181 e. The highest BCUT2D eigenvalue weighted by Crippen LogP contribution is 2.02. The van der Waals surface area contributed by atoms with Crippen molar-refractivity contribution in [3.8, 4) is 0 Å². The quantitative estimate of drug-likeness (QED) is 0.689. The van der Waals surface area contributed by atoms with E-state index in [0.717, 1.165) is 19.4 Å². The normalized spacial score (nSPS) is 10.4. The predicted octanol–water partition coefficient (Wildman–Crippen LogP) is 3.17. The van der Waals surface area contributed by atoms with Crippen molar-refractivity contribution in [2.24, 2.45) is 0 Å². The van der Waals surface area contributed by atoms with Crippen molar-refractivity contribution in [2.45, 2.75) is 32.7 Å². The third-order valence-electron chi connectivity index (χ3n) is 3.10. The average Bonchev–Trinajstić information content (AvgIpc) is 2.40. The van der Waals surface area contributed by atoms with E-state index < -0.39 is 0 Å². The van der Waals surface area contributed by atoms with Crippen LogP contribution in [0.1, 0.15) is 24.6 Å². The van der Waals surface area contributed by atoms with Gasteiger partial charge in [-0.1, -0.05) is 43.3 Å². The van der Waals surface area contributed by atoms with Crippen molar-refractivity contribution in [3.63, 3.8) is 0 Å². The van der Waals surface area contributed by atoms with Crippen LogP contribution in [-0.2, 0) is 19.4 Å². The molecule has 0 amide bonds. The molecular weight excluding hydrogens is 206 g/mol. The van der Waals surface area contributed by atoms with Gasteiger partial charge in [-0.15, -0.1) is 0 Å². The van der Waals surface area contributed by atoms with Crippen molar-refractivity contribution in [3.05, 3.63) is 66.0 Å². The fraction of sp³-hybridized carbons (Fsp3) is 0.312. The van der Waals surface area contributed by atoms with Crippen LogP contribution >= 0.6 is 0 Å². The number of aromatic nitrogens is 1. The fourth-order valence-corrected chi connectivity index (χ4v) is 2.15. The van der Waals surface area contributed by atoms with Crippen LogP contribution in [0.3, 0.4) is 0 Å². The monoisotopic (exact) mass is 226 g/mol. The lowest BCUT2D eigenvalue weighted by Crippen LogP contribution is -2.37. The number of nitrogens with zero attached hydrogens (tertiary/aromatic N) is 1. The Morgan fingerprint density at radius 2 is 1.71 bits per heavy atom. The second-order valence-electron chi connectivity index (χ2n) is 4.33. The van der Waals surface area contributed by atoms with Crippen molar-refractivity contribution >= 4 is 0 Å². The van der Waals surface area contributed by atoms with Crippen LogP contribution in [-0.4, -0.2) is 0 Å². The first-order valence-corrected chi connectivity index (χ1v) is 6.41. The second-order valence-corrected chi connectivity index (χ2v) is 4.33. The number of benzene rings is 1. The van der Waals surface area contributed by atoms with Crippen molar-refractivity contribution in [1.29, 1.82) is 0 Å². The summed E-state index contributed by atoms with van der Waals surface area (Å²) >= 11 is 0. The topological polar surface area (TPSA) is 3.88 Å². The molecule has 0 N–H and O–H groups in total. The maximum absolute atomic E-state index is 2.36. The molecule has 0 aliphatic rings. The van der Waals surface area contributed by atoms with Crippen molar-refractivity contribution in [1.82, 2.24) is 0 Å². The number of rotatable bonds is 5. The van der Waals surface area contributed by atoms with Gasteiger partial charge < -0.3 is 0 Å². The highest BCUT2D eigenvalue weighted by Gasteiger charge is 2.06. The number of hydrogen-bond acceptors (Lipinski definition) is 0. The van der Waals surface area contributed by atoms with Gasteiger partial charge in [-0.25, -0.2) is 4.57 Å². The van der Waals surface area contributed by atoms with E-state index in [9.17, 15) is 0 Å². The first-order chi connectivity index (χ1) is 8.40. The smallest absolute Gasteiger partial charge is 0.181 e. The second kappa shape index (κ2) is 6.19. The molecule has 1 heteroatoms. The Morgan fingerprint density at radius 1 is 0.941 bits per heavy atom. The molecular formula is C16H20N+. The molecule has 1 nitrogen and oxygen atoms in total. The minimum atomic E-state index is 1.10. The van der Waals surface area contributed by atoms with Gasteiger partial charge in [0.05, 0.1) is 0 Å². The van der Waals surface area contributed by atoms with E-state index in [1.807, 2.05) is 0 Å². The molecule has 0 aliphatic heterocycles. The van der Waals surface area contributed by atoms with Crippen molar-refractivity contribution < 1.29 is 4.57 Å². The largest absolute Gasteiger partial charge is 0.202 e. The van der Waals surface area contributed by atoms with Gasteiger partial charge in [0.25, 0.3) is 0 Å². The summed E-state index contributed by atoms with van der Waals surface area (Å²) in [6.07, 6.45) is 5.65. The summed E-state index contributed by atoms with van der Waals surface area (Å²) in [7, 11) is 0. The molecule has 0 spiro atoms. The summed E-state index contributed by atoms with van der Waals surface area (Å²) in [5.74, 6) is 0. The molecule has 0 saturated carbocycles. The lowest BCUT2D eigenvalue weighted by atomic mass is 10.1. The number of hydrogen-bond donors (Lipinski definition) is 0. The van der Waals surface area contributed by atoms with Gasteiger partial charge in [0, 0.05) is 25.0 Å². The summed E-state index contributed by atoms with van der Waals surface area (Å²) in [5.41, 5.74) is 2.85. The molecule has 0 fully saturated rings. The highest BCUT2D eigenvalue weighted by molar-refractivity contribution is 5.14. The van der Waals surface area contributed by atoms with Crippen molar-refractivity contribution in [2.75, 3.05) is 0 Å². The Hall–Kier alpha value is -1.63. The Balaban J connectivity index is 1.90. The zero-order valence-corrected chi connectivity index (χ0v) is 10.5. The molecule has 1 aromatic carbocycles. The van der Waals surface area contributed by atoms with E-state index in [4.69, 9.17) is 0 Å². The molecule has 2 aromatic rings. The van der Waals surface area contributed by atoms with Gasteiger partial charge in [-0.05, 0) is 12.0 Å². The molecule has 88 valence electrons. The lowest BCUT2D eigenvalue weighted by Gasteiger charge is -2.02. The number of aryl methyl sites for hydroxylation is 3. The van der Waals surface area contributed by atoms with Gasteiger partial charge in [0.15, 0.2) is 11.9 Å². The van der Waals surface area contributed by atoms with E-state index in [2.05, 4.69) is 66.2 Å². The number of pyridine rings is 1. The van der Waals surface area contributed by atoms with Crippen LogP contribution in [0.5, 0.6) is 0 Å². The van der Waals surface area contributed by atoms with Gasteiger partial charge in [0.2, 0.25) is 0 Å². The Bertz CT molecular complexity index is 448. The zero-order valence-electron chi connectivity index (χ0n) is 10.5. The first-order valence-electron chi connectivity index (χ1n) is 6.41. The third kappa shape index (κ3) is 3.42. The maximum atomic E-state index is 2.36. The first kappa shape index (κ1) is 11.8. The molecule has 1 aromatic heterocycles. The minimum absolute atomic E-state index is 1.10. The van der Waals surface area contributed by atoms with E-state index >= 15 is 0 Å². The van der Waals surface area contributed by atoms with Crippen LogP contribution in [0, 0.1) is 0 Å². The van der Waals surface area contributed by atoms with E-state index in [0.29, 0.717) is 0 Å². The minimum Gasteiger partial charge on any atom is -0.202 e. The Morgan fingerprint density at radius 3 is 2.47 bits per heavy atom.